The maximum Gasteiger partial charge on any atom is 0.271 e. The smallest absolute Gasteiger partial charge is 0.271 e. The van der Waals surface area contributed by atoms with Crippen molar-refractivity contribution in [1.29, 1.82) is 0 Å². The van der Waals surface area contributed by atoms with E-state index in [1.807, 2.05) is 24.3 Å². The van der Waals surface area contributed by atoms with E-state index in [4.69, 9.17) is 11.6 Å². The largest absolute Gasteiger partial charge is 0.372 e. The molecule has 0 unspecified atom stereocenters. The van der Waals surface area contributed by atoms with Gasteiger partial charge in [-0.05, 0) is 73.5 Å². The SMILES string of the molecule is CCN(CC)c1ccc(/C=N/NC(=O)c2ccc(N(Cc3ccc(Cl)cc3)S(C)(=O)=O)cc2)cc1. The molecule has 0 saturated carbocycles. The van der Waals surface area contributed by atoms with Gasteiger partial charge in [0.1, 0.15) is 0 Å². The molecule has 0 radical (unpaired) electrons. The highest BCUT2D eigenvalue weighted by Crippen LogP contribution is 2.22. The van der Waals surface area contributed by atoms with Crippen LogP contribution in [0.2, 0.25) is 5.02 Å². The Morgan fingerprint density at radius 1 is 0.914 bits per heavy atom. The molecule has 0 atom stereocenters. The summed E-state index contributed by atoms with van der Waals surface area (Å²) in [7, 11) is -3.54. The van der Waals surface area contributed by atoms with Crippen molar-refractivity contribution in [2.24, 2.45) is 5.10 Å². The van der Waals surface area contributed by atoms with Crippen LogP contribution in [0.1, 0.15) is 35.3 Å². The van der Waals surface area contributed by atoms with Gasteiger partial charge in [-0.1, -0.05) is 35.9 Å². The number of hydrogen-bond acceptors (Lipinski definition) is 5. The second-order valence-corrected chi connectivity index (χ2v) is 10.2. The summed E-state index contributed by atoms with van der Waals surface area (Å²) in [6.45, 7) is 6.24. The summed E-state index contributed by atoms with van der Waals surface area (Å²) < 4.78 is 26.1. The third-order valence-electron chi connectivity index (χ3n) is 5.46. The maximum absolute atomic E-state index is 12.5. The standard InChI is InChI=1S/C26H29ClN4O3S/c1-4-30(5-2)24-14-8-20(9-15-24)18-28-29-26(32)22-10-16-25(17-11-22)31(35(3,33)34)19-21-6-12-23(27)13-7-21/h6-18H,4-5,19H2,1-3H3,(H,29,32)/b28-18+. The Labute approximate surface area is 212 Å². The van der Waals surface area contributed by atoms with Gasteiger partial charge in [0, 0.05) is 29.4 Å². The normalized spacial score (nSPS) is 11.4. The third kappa shape index (κ3) is 7.31. The monoisotopic (exact) mass is 512 g/mol. The van der Waals surface area contributed by atoms with Crippen LogP contribution in [0.5, 0.6) is 0 Å². The molecule has 0 saturated heterocycles. The molecular weight excluding hydrogens is 484 g/mol. The number of carbonyl (C=O) groups is 1. The first-order valence-electron chi connectivity index (χ1n) is 11.2. The summed E-state index contributed by atoms with van der Waals surface area (Å²) in [5, 5.41) is 4.62. The predicted molar refractivity (Wildman–Crippen MR) is 144 cm³/mol. The van der Waals surface area contributed by atoms with Gasteiger partial charge in [-0.15, -0.1) is 0 Å². The van der Waals surface area contributed by atoms with E-state index in [2.05, 4.69) is 29.3 Å². The Morgan fingerprint density at radius 3 is 2.03 bits per heavy atom. The van der Waals surface area contributed by atoms with Gasteiger partial charge >= 0.3 is 0 Å². The van der Waals surface area contributed by atoms with Crippen LogP contribution in [0.4, 0.5) is 11.4 Å². The van der Waals surface area contributed by atoms with Crippen LogP contribution in [0.15, 0.2) is 77.9 Å². The lowest BCUT2D eigenvalue weighted by Crippen LogP contribution is -2.29. The lowest BCUT2D eigenvalue weighted by atomic mass is 10.2. The fourth-order valence-corrected chi connectivity index (χ4v) is 4.54. The molecule has 3 rings (SSSR count). The quantitative estimate of drug-likeness (QED) is 0.309. The molecule has 0 aliphatic carbocycles. The van der Waals surface area contributed by atoms with Crippen LogP contribution in [0.3, 0.4) is 0 Å². The second-order valence-electron chi connectivity index (χ2n) is 7.91. The van der Waals surface area contributed by atoms with Crippen molar-refractivity contribution in [2.75, 3.05) is 28.6 Å². The van der Waals surface area contributed by atoms with Gasteiger partial charge in [-0.2, -0.15) is 5.10 Å². The van der Waals surface area contributed by atoms with E-state index < -0.39 is 15.9 Å². The number of nitrogens with zero attached hydrogens (tertiary/aromatic N) is 3. The number of rotatable bonds is 10. The van der Waals surface area contributed by atoms with Gasteiger partial charge in [0.2, 0.25) is 10.0 Å². The van der Waals surface area contributed by atoms with E-state index in [0.29, 0.717) is 16.3 Å². The Kier molecular flexibility index (Phi) is 8.89. The number of anilines is 2. The first-order chi connectivity index (χ1) is 16.7. The van der Waals surface area contributed by atoms with E-state index in [1.54, 1.807) is 54.7 Å². The minimum atomic E-state index is -3.54. The minimum absolute atomic E-state index is 0.152. The molecule has 0 aromatic heterocycles. The van der Waals surface area contributed by atoms with Crippen LogP contribution in [0.25, 0.3) is 0 Å². The maximum atomic E-state index is 12.5. The first-order valence-corrected chi connectivity index (χ1v) is 13.4. The molecule has 1 N–H and O–H groups in total. The lowest BCUT2D eigenvalue weighted by Gasteiger charge is -2.22. The van der Waals surface area contributed by atoms with E-state index in [-0.39, 0.29) is 6.54 Å². The summed E-state index contributed by atoms with van der Waals surface area (Å²) in [6, 6.07) is 21.2. The van der Waals surface area contributed by atoms with Gasteiger partial charge in [-0.25, -0.2) is 13.8 Å². The molecule has 0 spiro atoms. The predicted octanol–water partition coefficient (Wildman–Crippen LogP) is 4.92. The summed E-state index contributed by atoms with van der Waals surface area (Å²) >= 11 is 5.92. The van der Waals surface area contributed by atoms with Gasteiger partial charge in [0.25, 0.3) is 5.91 Å². The van der Waals surface area contributed by atoms with E-state index in [1.165, 1.54) is 4.31 Å². The zero-order valence-electron chi connectivity index (χ0n) is 20.0. The molecule has 0 aliphatic rings. The van der Waals surface area contributed by atoms with Crippen LogP contribution in [-0.4, -0.2) is 39.9 Å². The molecule has 0 fully saturated rings. The van der Waals surface area contributed by atoms with Gasteiger partial charge in [0.05, 0.1) is 24.7 Å². The second kappa shape index (κ2) is 11.9. The topological polar surface area (TPSA) is 82.1 Å². The summed E-state index contributed by atoms with van der Waals surface area (Å²) in [5.41, 5.74) is 6.12. The Hall–Kier alpha value is -3.36. The Morgan fingerprint density at radius 2 is 1.49 bits per heavy atom. The Balaban J connectivity index is 1.65. The molecule has 3 aromatic rings. The molecule has 35 heavy (non-hydrogen) atoms. The van der Waals surface area contributed by atoms with Crippen LogP contribution in [0, 0.1) is 0 Å². The minimum Gasteiger partial charge on any atom is -0.372 e. The molecule has 184 valence electrons. The fraction of sp³-hybridized carbons (Fsp3) is 0.231. The van der Waals surface area contributed by atoms with Crippen molar-refractivity contribution in [2.45, 2.75) is 20.4 Å². The van der Waals surface area contributed by atoms with Crippen molar-refractivity contribution in [3.05, 3.63) is 94.5 Å². The molecule has 1 amide bonds. The molecule has 9 heteroatoms. The summed E-state index contributed by atoms with van der Waals surface area (Å²) in [6.07, 6.45) is 2.72. The van der Waals surface area contributed by atoms with Gasteiger partial charge in [0.15, 0.2) is 0 Å². The number of sulfonamides is 1. The number of benzene rings is 3. The van der Waals surface area contributed by atoms with Gasteiger partial charge < -0.3 is 4.90 Å². The van der Waals surface area contributed by atoms with Crippen LogP contribution < -0.4 is 14.6 Å². The average Bonchev–Trinajstić information content (AvgIpc) is 2.84. The molecular formula is C26H29ClN4O3S. The highest BCUT2D eigenvalue weighted by Gasteiger charge is 2.18. The van der Waals surface area contributed by atoms with Crippen molar-refractivity contribution < 1.29 is 13.2 Å². The van der Waals surface area contributed by atoms with E-state index in [9.17, 15) is 13.2 Å². The van der Waals surface area contributed by atoms with Crippen molar-refractivity contribution >= 4 is 45.1 Å². The van der Waals surface area contributed by atoms with Crippen LogP contribution in [-0.2, 0) is 16.6 Å². The summed E-state index contributed by atoms with van der Waals surface area (Å²) in [5.74, 6) is -0.392. The van der Waals surface area contributed by atoms with Crippen LogP contribution >= 0.6 is 11.6 Å². The van der Waals surface area contributed by atoms with Gasteiger partial charge in [-0.3, -0.25) is 9.10 Å². The van der Waals surface area contributed by atoms with E-state index in [0.717, 1.165) is 36.2 Å². The van der Waals surface area contributed by atoms with E-state index >= 15 is 0 Å². The summed E-state index contributed by atoms with van der Waals surface area (Å²) in [4.78, 5) is 14.7. The molecule has 0 aliphatic heterocycles. The average molecular weight is 513 g/mol. The van der Waals surface area contributed by atoms with Crippen molar-refractivity contribution in [1.82, 2.24) is 5.43 Å². The first kappa shape index (κ1) is 26.2. The third-order valence-corrected chi connectivity index (χ3v) is 6.85. The number of amides is 1. The lowest BCUT2D eigenvalue weighted by molar-refractivity contribution is 0.0955. The fourth-order valence-electron chi connectivity index (χ4n) is 3.52. The molecule has 0 heterocycles. The molecule has 3 aromatic carbocycles. The number of hydrogen-bond donors (Lipinski definition) is 1. The number of hydrazone groups is 1. The zero-order chi connectivity index (χ0) is 25.4. The molecule has 7 nitrogen and oxygen atoms in total. The highest BCUT2D eigenvalue weighted by molar-refractivity contribution is 7.92. The highest BCUT2D eigenvalue weighted by atomic mass is 35.5. The Bertz CT molecular complexity index is 1260. The number of nitrogens with one attached hydrogen (secondary N) is 1. The number of carbonyl (C=O) groups excluding carboxylic acids is 1. The molecule has 0 bridgehead atoms. The van der Waals surface area contributed by atoms with Crippen molar-refractivity contribution in [3.8, 4) is 0 Å². The number of halogens is 1. The van der Waals surface area contributed by atoms with Crippen molar-refractivity contribution in [3.63, 3.8) is 0 Å². The zero-order valence-corrected chi connectivity index (χ0v) is 21.6.